The van der Waals surface area contributed by atoms with E-state index in [1.807, 2.05) is 13.8 Å². The molecular weight excluding hydrogens is 212 g/mol. The lowest BCUT2D eigenvalue weighted by molar-refractivity contribution is 0.0112. The van der Waals surface area contributed by atoms with Crippen molar-refractivity contribution >= 4 is 0 Å². The predicted molar refractivity (Wildman–Crippen MR) is 61.4 cm³/mol. The number of likely N-dealkylation sites (tertiary alicyclic amines) is 1. The van der Waals surface area contributed by atoms with Crippen LogP contribution in [0.15, 0.2) is 0 Å². The summed E-state index contributed by atoms with van der Waals surface area (Å²) in [5.41, 5.74) is -0.733. The molecule has 1 N–H and O–H groups in total. The third-order valence-corrected chi connectivity index (χ3v) is 2.72. The summed E-state index contributed by atoms with van der Waals surface area (Å²) in [7, 11) is 1.61. The van der Waals surface area contributed by atoms with Crippen molar-refractivity contribution in [2.45, 2.75) is 45.1 Å². The van der Waals surface area contributed by atoms with Crippen molar-refractivity contribution in [2.24, 2.45) is 0 Å². The predicted octanol–water partition coefficient (Wildman–Crippen LogP) is 2.13. The molecule has 2 nitrogen and oxygen atoms in total. The van der Waals surface area contributed by atoms with Gasteiger partial charge < -0.3 is 5.11 Å². The monoisotopic (exact) mass is 233 g/mol. The van der Waals surface area contributed by atoms with Gasteiger partial charge in [0.15, 0.2) is 0 Å². The van der Waals surface area contributed by atoms with Crippen molar-refractivity contribution in [1.29, 1.82) is 0 Å². The Labute approximate surface area is 96.6 Å². The third-order valence-electron chi connectivity index (χ3n) is 2.72. The molecule has 0 bridgehead atoms. The molecule has 0 aromatic heterocycles. The van der Waals surface area contributed by atoms with Gasteiger partial charge in [-0.3, -0.25) is 4.90 Å². The molecule has 0 aliphatic carbocycles. The van der Waals surface area contributed by atoms with Crippen LogP contribution in [0.2, 0.25) is 0 Å². The summed E-state index contributed by atoms with van der Waals surface area (Å²) >= 11 is 0. The highest BCUT2D eigenvalue weighted by Crippen LogP contribution is 2.37. The Morgan fingerprint density at radius 3 is 2.12 bits per heavy atom. The largest absolute Gasteiger partial charge is 0.394 e. The molecule has 94 valence electrons. The first-order chi connectivity index (χ1) is 7.31. The van der Waals surface area contributed by atoms with Crippen LogP contribution in [0, 0.1) is 11.8 Å². The molecular formula is C12H21F2NO. The SMILES string of the molecule is CC#CCC.CN1CC(F)(F)CC1(C)CO. The van der Waals surface area contributed by atoms with Gasteiger partial charge >= 0.3 is 0 Å². The Balaban J connectivity index is 0.000000385. The molecule has 1 atom stereocenters. The normalized spacial score (nSPS) is 27.7. The average molecular weight is 233 g/mol. The molecule has 0 spiro atoms. The molecule has 1 fully saturated rings. The number of alkyl halides is 2. The Morgan fingerprint density at radius 2 is 2.00 bits per heavy atom. The van der Waals surface area contributed by atoms with E-state index in [0.29, 0.717) is 0 Å². The number of nitrogens with zero attached hydrogens (tertiary/aromatic N) is 1. The van der Waals surface area contributed by atoms with Gasteiger partial charge in [-0.2, -0.15) is 0 Å². The van der Waals surface area contributed by atoms with E-state index < -0.39 is 11.5 Å². The van der Waals surface area contributed by atoms with Crippen LogP contribution in [0.25, 0.3) is 0 Å². The first-order valence-corrected chi connectivity index (χ1v) is 5.41. The summed E-state index contributed by atoms with van der Waals surface area (Å²) < 4.78 is 25.4. The maximum absolute atomic E-state index is 12.7. The lowest BCUT2D eigenvalue weighted by atomic mass is 10.00. The van der Waals surface area contributed by atoms with Crippen LogP contribution in [-0.4, -0.2) is 41.7 Å². The number of aliphatic hydroxyl groups is 1. The Bertz CT molecular complexity index is 270. The van der Waals surface area contributed by atoms with Crippen LogP contribution in [0.5, 0.6) is 0 Å². The molecule has 0 aromatic rings. The second kappa shape index (κ2) is 6.17. The maximum Gasteiger partial charge on any atom is 0.262 e. The van der Waals surface area contributed by atoms with Gasteiger partial charge in [-0.15, -0.1) is 11.8 Å². The number of hydrogen-bond donors (Lipinski definition) is 1. The van der Waals surface area contributed by atoms with Crippen LogP contribution >= 0.6 is 0 Å². The highest BCUT2D eigenvalue weighted by molar-refractivity contribution is 4.98. The van der Waals surface area contributed by atoms with Crippen molar-refractivity contribution in [3.63, 3.8) is 0 Å². The van der Waals surface area contributed by atoms with Gasteiger partial charge in [0.2, 0.25) is 0 Å². The molecule has 0 aromatic carbocycles. The van der Waals surface area contributed by atoms with Crippen LogP contribution in [0.3, 0.4) is 0 Å². The van der Waals surface area contributed by atoms with Gasteiger partial charge in [0, 0.05) is 18.4 Å². The third kappa shape index (κ3) is 4.46. The van der Waals surface area contributed by atoms with E-state index in [2.05, 4.69) is 11.8 Å². The summed E-state index contributed by atoms with van der Waals surface area (Å²) in [6.07, 6.45) is 0.740. The van der Waals surface area contributed by atoms with Crippen molar-refractivity contribution < 1.29 is 13.9 Å². The van der Waals surface area contributed by atoms with Gasteiger partial charge in [0.1, 0.15) is 0 Å². The highest BCUT2D eigenvalue weighted by atomic mass is 19.3. The van der Waals surface area contributed by atoms with Crippen LogP contribution in [-0.2, 0) is 0 Å². The molecule has 1 aliphatic rings. The van der Waals surface area contributed by atoms with E-state index in [1.54, 1.807) is 14.0 Å². The minimum absolute atomic E-state index is 0.209. The molecule has 0 amide bonds. The fraction of sp³-hybridized carbons (Fsp3) is 0.833. The minimum Gasteiger partial charge on any atom is -0.394 e. The summed E-state index contributed by atoms with van der Waals surface area (Å²) in [5.74, 6) is 3.00. The van der Waals surface area contributed by atoms with Crippen molar-refractivity contribution in [2.75, 3.05) is 20.2 Å². The smallest absolute Gasteiger partial charge is 0.262 e. The van der Waals surface area contributed by atoms with E-state index in [4.69, 9.17) is 5.11 Å². The first-order valence-electron chi connectivity index (χ1n) is 5.41. The second-order valence-corrected chi connectivity index (χ2v) is 4.32. The molecule has 1 saturated heterocycles. The van der Waals surface area contributed by atoms with Gasteiger partial charge in [-0.25, -0.2) is 8.78 Å². The van der Waals surface area contributed by atoms with Gasteiger partial charge in [0.25, 0.3) is 5.92 Å². The van der Waals surface area contributed by atoms with Gasteiger partial charge in [-0.1, -0.05) is 6.92 Å². The summed E-state index contributed by atoms with van der Waals surface area (Å²) in [4.78, 5) is 1.51. The Morgan fingerprint density at radius 1 is 1.44 bits per heavy atom. The number of hydrogen-bond acceptors (Lipinski definition) is 2. The molecule has 0 saturated carbocycles. The summed E-state index contributed by atoms with van der Waals surface area (Å²) in [6, 6.07) is 0. The molecule has 16 heavy (non-hydrogen) atoms. The summed E-state index contributed by atoms with van der Waals surface area (Å²) in [6.45, 7) is 5.08. The highest BCUT2D eigenvalue weighted by Gasteiger charge is 2.50. The zero-order valence-corrected chi connectivity index (χ0v) is 10.5. The molecule has 1 aliphatic heterocycles. The number of halogens is 2. The molecule has 0 radical (unpaired) electrons. The summed E-state index contributed by atoms with van der Waals surface area (Å²) in [5, 5.41) is 8.85. The number of likely N-dealkylation sites (N-methyl/N-ethyl adjacent to an activating group) is 1. The quantitative estimate of drug-likeness (QED) is 0.701. The fourth-order valence-electron chi connectivity index (χ4n) is 1.64. The lowest BCUT2D eigenvalue weighted by Crippen LogP contribution is -2.41. The van der Waals surface area contributed by atoms with Crippen molar-refractivity contribution in [3.8, 4) is 11.8 Å². The van der Waals surface area contributed by atoms with E-state index in [-0.39, 0.29) is 19.6 Å². The maximum atomic E-state index is 12.7. The lowest BCUT2D eigenvalue weighted by Gasteiger charge is -2.28. The fourth-order valence-corrected chi connectivity index (χ4v) is 1.64. The average Bonchev–Trinajstić information content (AvgIpc) is 2.38. The van der Waals surface area contributed by atoms with E-state index in [1.165, 1.54) is 4.90 Å². The molecule has 1 rings (SSSR count). The number of aliphatic hydroxyl groups excluding tert-OH is 1. The molecule has 4 heteroatoms. The van der Waals surface area contributed by atoms with Crippen LogP contribution < -0.4 is 0 Å². The van der Waals surface area contributed by atoms with Crippen LogP contribution in [0.4, 0.5) is 8.78 Å². The minimum atomic E-state index is -2.63. The van der Waals surface area contributed by atoms with Crippen molar-refractivity contribution in [3.05, 3.63) is 0 Å². The van der Waals surface area contributed by atoms with Gasteiger partial charge in [-0.05, 0) is 20.9 Å². The molecule has 1 heterocycles. The Hall–Kier alpha value is -0.660. The van der Waals surface area contributed by atoms with Crippen LogP contribution in [0.1, 0.15) is 33.6 Å². The number of rotatable bonds is 1. The van der Waals surface area contributed by atoms with E-state index in [0.717, 1.165) is 6.42 Å². The zero-order chi connectivity index (χ0) is 12.8. The first kappa shape index (κ1) is 15.3. The Kier molecular flexibility index (Phi) is 5.91. The zero-order valence-electron chi connectivity index (χ0n) is 10.5. The van der Waals surface area contributed by atoms with E-state index >= 15 is 0 Å². The topological polar surface area (TPSA) is 23.5 Å². The van der Waals surface area contributed by atoms with E-state index in [9.17, 15) is 8.78 Å². The van der Waals surface area contributed by atoms with Crippen molar-refractivity contribution in [1.82, 2.24) is 4.90 Å². The molecule has 1 unspecified atom stereocenters. The van der Waals surface area contributed by atoms with Gasteiger partial charge in [0.05, 0.1) is 13.2 Å². The second-order valence-electron chi connectivity index (χ2n) is 4.32. The standard InChI is InChI=1S/C7H13F2NO.C5H8/c1-6(5-11)3-7(8,9)4-10(6)2;1-3-5-4-2/h11H,3-5H2,1-2H3;3H2,1-2H3.